The van der Waals surface area contributed by atoms with E-state index in [2.05, 4.69) is 9.71 Å². The monoisotopic (exact) mass is 422 g/mol. The predicted octanol–water partition coefficient (Wildman–Crippen LogP) is 3.01. The first-order chi connectivity index (χ1) is 13.2. The van der Waals surface area contributed by atoms with Crippen molar-refractivity contribution in [3.63, 3.8) is 0 Å². The number of sulfone groups is 1. The van der Waals surface area contributed by atoms with Gasteiger partial charge in [0.25, 0.3) is 0 Å². The smallest absolute Gasteiger partial charge is 0.240 e. The highest BCUT2D eigenvalue weighted by Crippen LogP contribution is 2.39. The summed E-state index contributed by atoms with van der Waals surface area (Å²) in [5, 5.41) is -0.834. The molecule has 1 N–H and O–H groups in total. The predicted molar refractivity (Wildman–Crippen MR) is 109 cm³/mol. The molecule has 1 aliphatic carbocycles. The summed E-state index contributed by atoms with van der Waals surface area (Å²) in [6.45, 7) is 1.89. The van der Waals surface area contributed by atoms with Crippen LogP contribution in [0.25, 0.3) is 0 Å². The molecule has 3 atom stereocenters. The Morgan fingerprint density at radius 3 is 2.29 bits per heavy atom. The van der Waals surface area contributed by atoms with Gasteiger partial charge in [0, 0.05) is 18.5 Å². The van der Waals surface area contributed by atoms with Crippen LogP contribution in [0, 0.1) is 12.8 Å². The second-order valence-corrected chi connectivity index (χ2v) is 11.4. The summed E-state index contributed by atoms with van der Waals surface area (Å²) in [5.41, 5.74) is 1.44. The highest BCUT2D eigenvalue weighted by atomic mass is 32.2. The van der Waals surface area contributed by atoms with Crippen molar-refractivity contribution in [2.24, 2.45) is 5.92 Å². The third-order valence-corrected chi connectivity index (χ3v) is 8.31. The van der Waals surface area contributed by atoms with Gasteiger partial charge in [-0.05, 0) is 49.9 Å². The molecule has 1 aromatic heterocycles. The lowest BCUT2D eigenvalue weighted by Crippen LogP contribution is -2.45. The third kappa shape index (κ3) is 4.79. The first kappa shape index (κ1) is 21.0. The average molecular weight is 423 g/mol. The van der Waals surface area contributed by atoms with Crippen LogP contribution in [0.4, 0.5) is 0 Å². The van der Waals surface area contributed by atoms with Gasteiger partial charge >= 0.3 is 0 Å². The van der Waals surface area contributed by atoms with Crippen LogP contribution in [-0.2, 0) is 19.9 Å². The van der Waals surface area contributed by atoms with Crippen LogP contribution in [0.2, 0.25) is 0 Å². The number of pyridine rings is 1. The minimum atomic E-state index is -3.74. The van der Waals surface area contributed by atoms with Crippen LogP contribution in [0.5, 0.6) is 0 Å². The van der Waals surface area contributed by atoms with Crippen molar-refractivity contribution in [1.29, 1.82) is 0 Å². The number of nitrogens with one attached hydrogen (secondary N) is 1. The molecule has 1 saturated carbocycles. The van der Waals surface area contributed by atoms with Gasteiger partial charge in [-0.1, -0.05) is 36.6 Å². The molecule has 28 heavy (non-hydrogen) atoms. The molecule has 2 aromatic rings. The molecule has 0 aliphatic heterocycles. The summed E-state index contributed by atoms with van der Waals surface area (Å²) in [7, 11) is -7.21. The van der Waals surface area contributed by atoms with Gasteiger partial charge in [0.1, 0.15) is 5.25 Å². The molecule has 0 spiro atoms. The Kier molecular flexibility index (Phi) is 6.21. The van der Waals surface area contributed by atoms with E-state index in [0.717, 1.165) is 18.4 Å². The number of hydrogen-bond donors (Lipinski definition) is 1. The quantitative estimate of drug-likeness (QED) is 0.772. The molecule has 1 fully saturated rings. The molecule has 1 heterocycles. The Morgan fingerprint density at radius 1 is 1.00 bits per heavy atom. The average Bonchev–Trinajstić information content (AvgIpc) is 2.63. The van der Waals surface area contributed by atoms with E-state index in [0.29, 0.717) is 18.5 Å². The minimum absolute atomic E-state index is 0.191. The van der Waals surface area contributed by atoms with Gasteiger partial charge in [0.05, 0.1) is 10.6 Å². The van der Waals surface area contributed by atoms with Crippen molar-refractivity contribution < 1.29 is 16.8 Å². The summed E-state index contributed by atoms with van der Waals surface area (Å²) >= 11 is 0. The lowest BCUT2D eigenvalue weighted by atomic mass is 9.82. The summed E-state index contributed by atoms with van der Waals surface area (Å²) in [6, 6.07) is 11.4. The number of rotatable bonds is 6. The highest BCUT2D eigenvalue weighted by Gasteiger charge is 2.40. The lowest BCUT2D eigenvalue weighted by molar-refractivity contribution is 0.276. The zero-order valence-corrected chi connectivity index (χ0v) is 17.7. The Bertz CT molecular complexity index is 1000. The maximum atomic E-state index is 12.9. The van der Waals surface area contributed by atoms with E-state index in [9.17, 15) is 16.8 Å². The number of aryl methyl sites for hydroxylation is 1. The normalized spacial score (nSPS) is 21.9. The fourth-order valence-electron chi connectivity index (χ4n) is 3.95. The van der Waals surface area contributed by atoms with Crippen LogP contribution in [0.15, 0.2) is 53.6 Å². The molecule has 6 nitrogen and oxygen atoms in total. The molecule has 0 bridgehead atoms. The minimum Gasteiger partial charge on any atom is -0.260 e. The molecule has 0 radical (unpaired) electrons. The molecule has 8 heteroatoms. The Morgan fingerprint density at radius 2 is 1.68 bits per heavy atom. The molecular formula is C20H26N2O4S2. The summed E-state index contributed by atoms with van der Waals surface area (Å²) < 4.78 is 53.8. The van der Waals surface area contributed by atoms with E-state index in [1.807, 2.05) is 6.92 Å². The Labute approximate surface area is 167 Å². The maximum absolute atomic E-state index is 12.9. The van der Waals surface area contributed by atoms with Gasteiger partial charge < -0.3 is 0 Å². The van der Waals surface area contributed by atoms with Crippen molar-refractivity contribution in [3.05, 3.63) is 59.9 Å². The summed E-state index contributed by atoms with van der Waals surface area (Å²) in [5.74, 6) is -0.362. The third-order valence-electron chi connectivity index (χ3n) is 5.29. The molecule has 1 aromatic carbocycles. The first-order valence-electron chi connectivity index (χ1n) is 9.37. The van der Waals surface area contributed by atoms with E-state index in [1.165, 1.54) is 6.26 Å². The van der Waals surface area contributed by atoms with Gasteiger partial charge in [-0.25, -0.2) is 21.6 Å². The molecular weight excluding hydrogens is 396 g/mol. The van der Waals surface area contributed by atoms with Gasteiger partial charge in [-0.3, -0.25) is 4.98 Å². The van der Waals surface area contributed by atoms with E-state index in [-0.39, 0.29) is 10.8 Å². The Balaban J connectivity index is 1.94. The number of hydrogen-bond acceptors (Lipinski definition) is 5. The second kappa shape index (κ2) is 8.31. The van der Waals surface area contributed by atoms with E-state index in [4.69, 9.17) is 0 Å². The van der Waals surface area contributed by atoms with Crippen molar-refractivity contribution in [2.75, 3.05) is 6.26 Å². The van der Waals surface area contributed by atoms with Gasteiger partial charge in [-0.15, -0.1) is 0 Å². The highest BCUT2D eigenvalue weighted by molar-refractivity contribution is 7.91. The van der Waals surface area contributed by atoms with E-state index < -0.39 is 31.2 Å². The van der Waals surface area contributed by atoms with Crippen LogP contribution < -0.4 is 4.72 Å². The number of nitrogens with zero attached hydrogens (tertiary/aromatic N) is 1. The van der Waals surface area contributed by atoms with Crippen LogP contribution in [0.3, 0.4) is 0 Å². The zero-order valence-electron chi connectivity index (χ0n) is 16.1. The summed E-state index contributed by atoms with van der Waals surface area (Å²) in [6.07, 6.45) is 5.74. The molecule has 152 valence electrons. The lowest BCUT2D eigenvalue weighted by Gasteiger charge is -2.36. The van der Waals surface area contributed by atoms with E-state index in [1.54, 1.807) is 48.7 Å². The van der Waals surface area contributed by atoms with E-state index >= 15 is 0 Å². The number of benzene rings is 1. The maximum Gasteiger partial charge on any atom is 0.240 e. The largest absolute Gasteiger partial charge is 0.260 e. The van der Waals surface area contributed by atoms with Crippen molar-refractivity contribution in [1.82, 2.24) is 9.71 Å². The van der Waals surface area contributed by atoms with Crippen molar-refractivity contribution in [2.45, 2.75) is 48.8 Å². The van der Waals surface area contributed by atoms with Crippen molar-refractivity contribution in [3.8, 4) is 0 Å². The zero-order chi connectivity index (χ0) is 20.4. The summed E-state index contributed by atoms with van der Waals surface area (Å²) in [4.78, 5) is 4.45. The van der Waals surface area contributed by atoms with Gasteiger partial charge in [0.2, 0.25) is 10.0 Å². The number of sulfonamides is 1. The number of aromatic nitrogens is 1. The molecule has 3 rings (SSSR count). The van der Waals surface area contributed by atoms with Gasteiger partial charge in [0.15, 0.2) is 9.84 Å². The SMILES string of the molecule is Cc1ccc(S(=O)(=O)N[C@@H]2CCCC[C@H]2[C@@H](c2ccccn2)S(C)(=O)=O)cc1. The fourth-order valence-corrected chi connectivity index (χ4v) is 6.81. The second-order valence-electron chi connectivity index (χ2n) is 7.49. The van der Waals surface area contributed by atoms with Crippen molar-refractivity contribution >= 4 is 19.9 Å². The molecule has 0 amide bonds. The first-order valence-corrected chi connectivity index (χ1v) is 12.8. The fraction of sp³-hybridized carbons (Fsp3) is 0.450. The molecule has 0 saturated heterocycles. The standard InChI is InChI=1S/C20H26N2O4S2/c1-15-10-12-16(13-11-15)28(25,26)22-18-8-4-3-7-17(18)20(27(2,23)24)19-9-5-6-14-21-19/h5-6,9-14,17-18,20,22H,3-4,7-8H2,1-2H3/t17-,18-,20+/m1/s1. The van der Waals surface area contributed by atoms with Crippen LogP contribution in [-0.4, -0.2) is 34.1 Å². The molecule has 0 unspecified atom stereocenters. The van der Waals surface area contributed by atoms with Crippen LogP contribution >= 0.6 is 0 Å². The van der Waals surface area contributed by atoms with Gasteiger partial charge in [-0.2, -0.15) is 0 Å². The van der Waals surface area contributed by atoms with Crippen LogP contribution in [0.1, 0.15) is 42.2 Å². The topological polar surface area (TPSA) is 93.2 Å². The molecule has 1 aliphatic rings. The Hall–Kier alpha value is -1.77.